The number of benzene rings is 3. The number of nitrogens with zero attached hydrogens (tertiary/aromatic N) is 1. The monoisotopic (exact) mass is 471 g/mol. The molecule has 0 aromatic heterocycles. The summed E-state index contributed by atoms with van der Waals surface area (Å²) in [4.78, 5) is 42.1. The maximum Gasteiger partial charge on any atom is 0.239 e. The van der Waals surface area contributed by atoms with Gasteiger partial charge in [-0.2, -0.15) is 0 Å². The van der Waals surface area contributed by atoms with Crippen molar-refractivity contribution in [3.8, 4) is 0 Å². The van der Waals surface area contributed by atoms with Crippen LogP contribution in [0.4, 0.5) is 5.69 Å². The summed E-state index contributed by atoms with van der Waals surface area (Å²) in [5, 5.41) is 0. The molecular formula is C26H18BrNO3. The Kier molecular flexibility index (Phi) is 3.63. The third-order valence-corrected chi connectivity index (χ3v) is 8.03. The van der Waals surface area contributed by atoms with Gasteiger partial charge >= 0.3 is 0 Å². The molecule has 1 saturated heterocycles. The lowest BCUT2D eigenvalue weighted by Gasteiger charge is -2.56. The molecule has 152 valence electrons. The maximum atomic E-state index is 13.9. The summed E-state index contributed by atoms with van der Waals surface area (Å²) in [5.74, 6) is -1.97. The molecule has 31 heavy (non-hydrogen) atoms. The van der Waals surface area contributed by atoms with Gasteiger partial charge in [0, 0.05) is 9.89 Å². The number of rotatable bonds is 2. The van der Waals surface area contributed by atoms with E-state index in [2.05, 4.69) is 15.9 Å². The summed E-state index contributed by atoms with van der Waals surface area (Å²) >= 11 is 3.44. The predicted molar refractivity (Wildman–Crippen MR) is 120 cm³/mol. The fourth-order valence-corrected chi connectivity index (χ4v) is 6.72. The van der Waals surface area contributed by atoms with Crippen LogP contribution >= 0.6 is 15.9 Å². The van der Waals surface area contributed by atoms with E-state index in [9.17, 15) is 14.4 Å². The number of amides is 2. The van der Waals surface area contributed by atoms with Crippen molar-refractivity contribution in [3.63, 3.8) is 0 Å². The number of carbonyl (C=O) groups excluding carboxylic acids is 3. The molecule has 3 aromatic carbocycles. The second-order valence-corrected chi connectivity index (χ2v) is 9.64. The van der Waals surface area contributed by atoms with Gasteiger partial charge in [-0.25, -0.2) is 4.90 Å². The van der Waals surface area contributed by atoms with E-state index >= 15 is 0 Å². The highest BCUT2D eigenvalue weighted by atomic mass is 79.9. The molecule has 0 spiro atoms. The molecule has 3 aromatic rings. The minimum absolute atomic E-state index is 0.245. The summed E-state index contributed by atoms with van der Waals surface area (Å²) in [6.45, 7) is 2.05. The van der Waals surface area contributed by atoms with Gasteiger partial charge in [-0.05, 0) is 40.5 Å². The van der Waals surface area contributed by atoms with E-state index in [1.54, 1.807) is 18.2 Å². The van der Waals surface area contributed by atoms with Gasteiger partial charge in [0.1, 0.15) is 6.29 Å². The van der Waals surface area contributed by atoms with Gasteiger partial charge in [0.25, 0.3) is 0 Å². The SMILES string of the molecule is CC12c3ccccc3C(C=O)(c3ccccc31)[C@H]1C(=O)N(c3cccc(Br)c3)C(=O)[C@H]12. The minimum Gasteiger partial charge on any atom is -0.302 e. The van der Waals surface area contributed by atoms with Crippen LogP contribution in [0.5, 0.6) is 0 Å². The first-order chi connectivity index (χ1) is 15.0. The van der Waals surface area contributed by atoms with E-state index in [-0.39, 0.29) is 11.8 Å². The molecule has 5 heteroatoms. The summed E-state index contributed by atoms with van der Waals surface area (Å²) in [5.41, 5.74) is 2.24. The molecule has 2 atom stereocenters. The smallest absolute Gasteiger partial charge is 0.239 e. The first-order valence-corrected chi connectivity index (χ1v) is 11.0. The lowest BCUT2D eigenvalue weighted by Crippen LogP contribution is -2.61. The molecule has 7 rings (SSSR count). The first-order valence-electron chi connectivity index (χ1n) is 10.3. The molecule has 2 bridgehead atoms. The molecule has 0 unspecified atom stereocenters. The molecule has 0 N–H and O–H groups in total. The van der Waals surface area contributed by atoms with Gasteiger partial charge in [0.05, 0.1) is 22.9 Å². The topological polar surface area (TPSA) is 54.5 Å². The van der Waals surface area contributed by atoms with E-state index in [4.69, 9.17) is 0 Å². The van der Waals surface area contributed by atoms with Crippen LogP contribution in [0.1, 0.15) is 29.2 Å². The van der Waals surface area contributed by atoms with Crippen molar-refractivity contribution < 1.29 is 14.4 Å². The van der Waals surface area contributed by atoms with Crippen LogP contribution in [-0.2, 0) is 25.2 Å². The minimum atomic E-state index is -1.18. The Balaban J connectivity index is 1.70. The van der Waals surface area contributed by atoms with Crippen LogP contribution in [0, 0.1) is 11.8 Å². The van der Waals surface area contributed by atoms with Gasteiger partial charge in [-0.3, -0.25) is 9.59 Å². The molecule has 0 saturated carbocycles. The van der Waals surface area contributed by atoms with Gasteiger partial charge in [0.15, 0.2) is 0 Å². The lowest BCUT2D eigenvalue weighted by molar-refractivity contribution is -0.129. The van der Waals surface area contributed by atoms with E-state index in [1.807, 2.05) is 61.5 Å². The zero-order chi connectivity index (χ0) is 21.5. The van der Waals surface area contributed by atoms with Crippen molar-refractivity contribution in [2.75, 3.05) is 4.90 Å². The number of hydrogen-bond acceptors (Lipinski definition) is 3. The normalized spacial score (nSPS) is 30.1. The number of imide groups is 1. The third kappa shape index (κ3) is 1.98. The van der Waals surface area contributed by atoms with Crippen molar-refractivity contribution in [1.82, 2.24) is 0 Å². The second-order valence-electron chi connectivity index (χ2n) is 8.73. The molecule has 4 aliphatic rings. The predicted octanol–water partition coefficient (Wildman–Crippen LogP) is 4.37. The quantitative estimate of drug-likeness (QED) is 0.411. The molecule has 1 heterocycles. The Hall–Kier alpha value is -3.05. The Morgan fingerprint density at radius 1 is 0.806 bits per heavy atom. The summed E-state index contributed by atoms with van der Waals surface area (Å²) in [6, 6.07) is 22.7. The number of aldehydes is 1. The van der Waals surface area contributed by atoms with Crippen molar-refractivity contribution in [3.05, 3.63) is 99.5 Å². The zero-order valence-electron chi connectivity index (χ0n) is 16.7. The Bertz CT molecular complexity index is 1270. The first kappa shape index (κ1) is 18.7. The van der Waals surface area contributed by atoms with Gasteiger partial charge in [0.2, 0.25) is 11.8 Å². The number of anilines is 1. The maximum absolute atomic E-state index is 13.9. The van der Waals surface area contributed by atoms with Crippen molar-refractivity contribution in [2.45, 2.75) is 17.8 Å². The van der Waals surface area contributed by atoms with Crippen LogP contribution in [0.15, 0.2) is 77.3 Å². The number of hydrogen-bond donors (Lipinski definition) is 0. The number of carbonyl (C=O) groups is 3. The van der Waals surface area contributed by atoms with Crippen molar-refractivity contribution in [1.29, 1.82) is 0 Å². The Morgan fingerprint density at radius 3 is 1.90 bits per heavy atom. The molecular weight excluding hydrogens is 454 g/mol. The van der Waals surface area contributed by atoms with Gasteiger partial charge in [-0.15, -0.1) is 0 Å². The highest BCUT2D eigenvalue weighted by Gasteiger charge is 2.72. The summed E-state index contributed by atoms with van der Waals surface area (Å²) in [7, 11) is 0. The summed E-state index contributed by atoms with van der Waals surface area (Å²) in [6.07, 6.45) is 0.899. The van der Waals surface area contributed by atoms with Gasteiger partial charge < -0.3 is 4.79 Å². The zero-order valence-corrected chi connectivity index (χ0v) is 18.3. The second kappa shape index (κ2) is 6.01. The Morgan fingerprint density at radius 2 is 1.35 bits per heavy atom. The van der Waals surface area contributed by atoms with E-state index in [1.165, 1.54) is 4.90 Å². The van der Waals surface area contributed by atoms with Crippen molar-refractivity contribution >= 4 is 39.7 Å². The standard InChI is InChI=1S/C26H18BrNO3/c1-25-17-9-2-4-11-19(17)26(14-29,20-12-5-3-10-18(20)25)22-21(25)23(30)28(24(22)31)16-8-6-7-15(27)13-16/h2-14,21-22H,1H3/t21-,22+,25?,26?/m0/s1. The van der Waals surface area contributed by atoms with Crippen LogP contribution < -0.4 is 4.90 Å². The average Bonchev–Trinajstić information content (AvgIpc) is 3.06. The largest absolute Gasteiger partial charge is 0.302 e. The van der Waals surface area contributed by atoms with E-state index in [0.717, 1.165) is 33.0 Å². The van der Waals surface area contributed by atoms with E-state index < -0.39 is 22.7 Å². The summed E-state index contributed by atoms with van der Waals surface area (Å²) < 4.78 is 0.784. The molecule has 0 radical (unpaired) electrons. The molecule has 2 amide bonds. The molecule has 4 nitrogen and oxygen atoms in total. The van der Waals surface area contributed by atoms with E-state index in [0.29, 0.717) is 5.69 Å². The van der Waals surface area contributed by atoms with Crippen LogP contribution in [-0.4, -0.2) is 18.1 Å². The fourth-order valence-electron chi connectivity index (χ4n) is 6.33. The third-order valence-electron chi connectivity index (χ3n) is 7.54. The molecule has 1 aliphatic heterocycles. The highest BCUT2D eigenvalue weighted by molar-refractivity contribution is 9.10. The Labute approximate surface area is 188 Å². The van der Waals surface area contributed by atoms with Crippen LogP contribution in [0.2, 0.25) is 0 Å². The van der Waals surface area contributed by atoms with Gasteiger partial charge in [-0.1, -0.05) is 77.5 Å². The van der Waals surface area contributed by atoms with Crippen molar-refractivity contribution in [2.24, 2.45) is 11.8 Å². The molecule has 1 fully saturated rings. The fraction of sp³-hybridized carbons (Fsp3) is 0.192. The van der Waals surface area contributed by atoms with Crippen LogP contribution in [0.3, 0.4) is 0 Å². The highest BCUT2D eigenvalue weighted by Crippen LogP contribution is 2.66. The van der Waals surface area contributed by atoms with Crippen LogP contribution in [0.25, 0.3) is 0 Å². The number of halogens is 1. The lowest BCUT2D eigenvalue weighted by atomic mass is 9.42. The average molecular weight is 472 g/mol. The molecule has 3 aliphatic carbocycles.